The highest BCUT2D eigenvalue weighted by atomic mass is 32.2. The molecule has 1 fully saturated rings. The molecule has 0 aromatic carbocycles. The van der Waals surface area contributed by atoms with Crippen LogP contribution >= 0.6 is 23.5 Å². The Hall–Kier alpha value is -1.52. The molecule has 1 aromatic heterocycles. The van der Waals surface area contributed by atoms with Gasteiger partial charge in [-0.15, -0.1) is 0 Å². The molecular weight excluding hydrogens is 306 g/mol. The molecule has 2 heterocycles. The minimum absolute atomic E-state index is 0.0237. The van der Waals surface area contributed by atoms with Crippen LogP contribution in [0, 0.1) is 25.2 Å². The second-order valence-electron chi connectivity index (χ2n) is 4.74. The van der Waals surface area contributed by atoms with E-state index in [1.54, 1.807) is 0 Å². The van der Waals surface area contributed by atoms with Crippen LogP contribution in [0.2, 0.25) is 0 Å². The number of carbonyl (C=O) groups excluding carboxylic acids is 2. The van der Waals surface area contributed by atoms with Crippen LogP contribution in [0.4, 0.5) is 0 Å². The number of nitrogens with zero attached hydrogens (tertiary/aromatic N) is 2. The van der Waals surface area contributed by atoms with Gasteiger partial charge in [-0.3, -0.25) is 9.59 Å². The van der Waals surface area contributed by atoms with E-state index in [2.05, 4.69) is 16.4 Å². The van der Waals surface area contributed by atoms with Crippen LogP contribution in [0.5, 0.6) is 0 Å². The highest BCUT2D eigenvalue weighted by Gasteiger charge is 2.26. The summed E-state index contributed by atoms with van der Waals surface area (Å²) < 4.78 is 0. The topological polar surface area (TPSA) is 82.9 Å². The van der Waals surface area contributed by atoms with Crippen molar-refractivity contribution in [3.8, 4) is 6.07 Å². The fraction of sp³-hybridized carbons (Fsp3) is 0.429. The molecule has 1 aromatic rings. The fourth-order valence-electron chi connectivity index (χ4n) is 2.04. The molecule has 1 aliphatic heterocycles. The Balaban J connectivity index is 1.98. The molecule has 0 saturated carbocycles. The minimum atomic E-state index is -0.370. The third kappa shape index (κ3) is 3.99. The zero-order chi connectivity index (χ0) is 15.4. The SMILES string of the molecule is Cc1cc(C)c(C#N)c(SCC(=O)NC2CCSC2=O)n1. The number of nitriles is 1. The van der Waals surface area contributed by atoms with E-state index in [4.69, 9.17) is 5.26 Å². The van der Waals surface area contributed by atoms with Crippen LogP contribution < -0.4 is 5.32 Å². The Morgan fingerprint density at radius 2 is 2.38 bits per heavy atom. The summed E-state index contributed by atoms with van der Waals surface area (Å²) >= 11 is 2.48. The summed E-state index contributed by atoms with van der Waals surface area (Å²) in [4.78, 5) is 27.7. The van der Waals surface area contributed by atoms with Crippen LogP contribution in [-0.4, -0.2) is 33.6 Å². The Bertz CT molecular complexity index is 625. The van der Waals surface area contributed by atoms with Gasteiger partial charge in [-0.25, -0.2) is 4.98 Å². The molecule has 21 heavy (non-hydrogen) atoms. The molecule has 1 saturated heterocycles. The van der Waals surface area contributed by atoms with Crippen LogP contribution in [0.3, 0.4) is 0 Å². The summed E-state index contributed by atoms with van der Waals surface area (Å²) in [5, 5.41) is 12.5. The molecule has 5 nitrogen and oxygen atoms in total. The molecule has 1 unspecified atom stereocenters. The Morgan fingerprint density at radius 1 is 1.62 bits per heavy atom. The number of aromatic nitrogens is 1. The molecule has 0 bridgehead atoms. The van der Waals surface area contributed by atoms with E-state index < -0.39 is 0 Å². The lowest BCUT2D eigenvalue weighted by Gasteiger charge is -2.10. The van der Waals surface area contributed by atoms with Gasteiger partial charge < -0.3 is 5.32 Å². The molecule has 1 N–H and O–H groups in total. The zero-order valence-electron chi connectivity index (χ0n) is 11.8. The minimum Gasteiger partial charge on any atom is -0.345 e. The number of nitrogens with one attached hydrogen (secondary N) is 1. The van der Waals surface area contributed by atoms with Gasteiger partial charge in [0.2, 0.25) is 11.0 Å². The highest BCUT2D eigenvalue weighted by Crippen LogP contribution is 2.24. The van der Waals surface area contributed by atoms with Crippen LogP contribution in [0.25, 0.3) is 0 Å². The average molecular weight is 321 g/mol. The van der Waals surface area contributed by atoms with E-state index in [0.717, 1.165) is 17.0 Å². The van der Waals surface area contributed by atoms with Crippen molar-refractivity contribution in [2.45, 2.75) is 31.3 Å². The molecule has 1 aliphatic rings. The molecule has 0 radical (unpaired) electrons. The van der Waals surface area contributed by atoms with Crippen LogP contribution in [0.15, 0.2) is 11.1 Å². The summed E-state index contributed by atoms with van der Waals surface area (Å²) in [6, 6.07) is 3.60. The van der Waals surface area contributed by atoms with Crippen molar-refractivity contribution in [1.29, 1.82) is 5.26 Å². The zero-order valence-corrected chi connectivity index (χ0v) is 13.4. The monoisotopic (exact) mass is 321 g/mol. The van der Waals surface area contributed by atoms with E-state index in [9.17, 15) is 9.59 Å². The number of hydrogen-bond acceptors (Lipinski definition) is 6. The van der Waals surface area contributed by atoms with Crippen molar-refractivity contribution in [2.75, 3.05) is 11.5 Å². The third-order valence-electron chi connectivity index (χ3n) is 3.03. The van der Waals surface area contributed by atoms with Crippen molar-refractivity contribution in [2.24, 2.45) is 0 Å². The lowest BCUT2D eigenvalue weighted by atomic mass is 10.1. The number of amides is 1. The van der Waals surface area contributed by atoms with Crippen molar-refractivity contribution in [1.82, 2.24) is 10.3 Å². The van der Waals surface area contributed by atoms with Gasteiger partial charge in [0.25, 0.3) is 0 Å². The molecule has 0 spiro atoms. The van der Waals surface area contributed by atoms with Crippen molar-refractivity contribution >= 4 is 34.5 Å². The summed E-state index contributed by atoms with van der Waals surface area (Å²) in [5.74, 6) is 0.707. The first-order valence-corrected chi connectivity index (χ1v) is 8.45. The standard InChI is InChI=1S/C14H15N3O2S2/c1-8-5-9(2)16-13(10(8)6-15)21-7-12(18)17-11-3-4-20-14(11)19/h5,11H,3-4,7H2,1-2H3,(H,17,18). The van der Waals surface area contributed by atoms with E-state index in [1.165, 1.54) is 23.5 Å². The van der Waals surface area contributed by atoms with Gasteiger partial charge in [0.15, 0.2) is 0 Å². The van der Waals surface area contributed by atoms with Gasteiger partial charge >= 0.3 is 0 Å². The maximum atomic E-state index is 11.9. The number of hydrogen-bond donors (Lipinski definition) is 1. The maximum Gasteiger partial charge on any atom is 0.231 e. The fourth-order valence-corrected chi connectivity index (χ4v) is 3.88. The predicted octanol–water partition coefficient (Wildman–Crippen LogP) is 1.81. The largest absolute Gasteiger partial charge is 0.345 e. The predicted molar refractivity (Wildman–Crippen MR) is 83.2 cm³/mol. The highest BCUT2D eigenvalue weighted by molar-refractivity contribution is 8.14. The molecule has 0 aliphatic carbocycles. The lowest BCUT2D eigenvalue weighted by molar-refractivity contribution is -0.122. The van der Waals surface area contributed by atoms with Gasteiger partial charge in [0, 0.05) is 11.4 Å². The molecule has 110 valence electrons. The van der Waals surface area contributed by atoms with Crippen molar-refractivity contribution in [3.63, 3.8) is 0 Å². The quantitative estimate of drug-likeness (QED) is 0.852. The van der Waals surface area contributed by atoms with Gasteiger partial charge in [0.05, 0.1) is 17.4 Å². The third-order valence-corrected chi connectivity index (χ3v) is 5.02. The smallest absolute Gasteiger partial charge is 0.231 e. The van der Waals surface area contributed by atoms with E-state index >= 15 is 0 Å². The molecule has 7 heteroatoms. The first kappa shape index (κ1) is 15.9. The number of thioether (sulfide) groups is 2. The second-order valence-corrected chi connectivity index (χ2v) is 6.80. The Kier molecular flexibility index (Phi) is 5.26. The summed E-state index contributed by atoms with van der Waals surface area (Å²) in [7, 11) is 0. The first-order chi connectivity index (χ1) is 10.0. The lowest BCUT2D eigenvalue weighted by Crippen LogP contribution is -2.38. The van der Waals surface area contributed by atoms with Gasteiger partial charge in [0.1, 0.15) is 11.1 Å². The number of rotatable bonds is 4. The Morgan fingerprint density at radius 3 is 3.00 bits per heavy atom. The van der Waals surface area contributed by atoms with Crippen LogP contribution in [0.1, 0.15) is 23.2 Å². The number of carbonyl (C=O) groups is 2. The van der Waals surface area contributed by atoms with E-state index in [-0.39, 0.29) is 22.8 Å². The van der Waals surface area contributed by atoms with E-state index in [1.807, 2.05) is 19.9 Å². The number of pyridine rings is 1. The first-order valence-electron chi connectivity index (χ1n) is 6.48. The molecular formula is C14H15N3O2S2. The summed E-state index contributed by atoms with van der Waals surface area (Å²) in [6.07, 6.45) is 0.686. The summed E-state index contributed by atoms with van der Waals surface area (Å²) in [5.41, 5.74) is 2.18. The average Bonchev–Trinajstić information content (AvgIpc) is 2.81. The molecule has 1 atom stereocenters. The van der Waals surface area contributed by atoms with E-state index in [0.29, 0.717) is 17.0 Å². The maximum absolute atomic E-state index is 11.9. The second kappa shape index (κ2) is 6.96. The molecule has 1 amide bonds. The van der Waals surface area contributed by atoms with Gasteiger partial charge in [-0.2, -0.15) is 5.26 Å². The van der Waals surface area contributed by atoms with Crippen LogP contribution in [-0.2, 0) is 9.59 Å². The van der Waals surface area contributed by atoms with Crippen molar-refractivity contribution < 1.29 is 9.59 Å². The molecule has 2 rings (SSSR count). The summed E-state index contributed by atoms with van der Waals surface area (Å²) in [6.45, 7) is 3.71. The van der Waals surface area contributed by atoms with Crippen molar-refractivity contribution in [3.05, 3.63) is 22.9 Å². The normalized spacial score (nSPS) is 17.6. The van der Waals surface area contributed by atoms with Gasteiger partial charge in [-0.05, 0) is 31.9 Å². The van der Waals surface area contributed by atoms with Gasteiger partial charge in [-0.1, -0.05) is 23.5 Å². The Labute approximate surface area is 131 Å². The number of aryl methyl sites for hydroxylation is 2.